The number of amides is 1. The lowest BCUT2D eigenvalue weighted by molar-refractivity contribution is -0.384. The van der Waals surface area contributed by atoms with E-state index in [1.54, 1.807) is 12.1 Å². The highest BCUT2D eigenvalue weighted by Crippen LogP contribution is 2.44. The average molecular weight is 379 g/mol. The predicted octanol–water partition coefficient (Wildman–Crippen LogP) is 4.38. The van der Waals surface area contributed by atoms with Gasteiger partial charge in [0, 0.05) is 16.6 Å². The van der Waals surface area contributed by atoms with E-state index < -0.39 is 4.92 Å². The molecule has 1 heterocycles. The lowest BCUT2D eigenvalue weighted by Gasteiger charge is -2.09. The lowest BCUT2D eigenvalue weighted by Crippen LogP contribution is -2.08. The summed E-state index contributed by atoms with van der Waals surface area (Å²) in [4.78, 5) is 22.3. The Morgan fingerprint density at radius 2 is 1.91 bits per heavy atom. The molecule has 22 heavy (non-hydrogen) atoms. The fourth-order valence-electron chi connectivity index (χ4n) is 2.47. The molecule has 0 saturated carbocycles. The summed E-state index contributed by atoms with van der Waals surface area (Å²) in [5, 5.41) is 13.4. The maximum atomic E-state index is 12.0. The highest BCUT2D eigenvalue weighted by atomic mass is 79.9. The van der Waals surface area contributed by atoms with Crippen molar-refractivity contribution in [1.82, 2.24) is 0 Å². The minimum atomic E-state index is -0.422. The van der Waals surface area contributed by atoms with E-state index in [1.165, 1.54) is 23.9 Å². The molecule has 1 amide bonds. The number of nitrogens with zero attached hydrogens (tertiary/aromatic N) is 1. The summed E-state index contributed by atoms with van der Waals surface area (Å²) in [5.74, 6) is -0.0240. The van der Waals surface area contributed by atoms with E-state index >= 15 is 0 Å². The molecule has 2 aromatic rings. The first-order valence-electron chi connectivity index (χ1n) is 6.43. The first-order valence-corrected chi connectivity index (χ1v) is 8.51. The number of benzene rings is 2. The fraction of sp³-hybridized carbons (Fsp3) is 0.133. The molecule has 7 heteroatoms. The van der Waals surface area contributed by atoms with Crippen molar-refractivity contribution in [3.05, 3.63) is 56.5 Å². The number of fused-ring (bicyclic) bond motifs is 1. The Kier molecular flexibility index (Phi) is 3.92. The summed E-state index contributed by atoms with van der Waals surface area (Å²) in [7, 11) is 0. The van der Waals surface area contributed by atoms with Crippen molar-refractivity contribution in [1.29, 1.82) is 0 Å². The lowest BCUT2D eigenvalue weighted by atomic mass is 10.0. The number of nitro groups is 1. The zero-order chi connectivity index (χ0) is 15.9. The molecule has 112 valence electrons. The van der Waals surface area contributed by atoms with Gasteiger partial charge in [0.2, 0.25) is 5.91 Å². The predicted molar refractivity (Wildman–Crippen MR) is 91.1 cm³/mol. The molecule has 0 saturated heterocycles. The monoisotopic (exact) mass is 378 g/mol. The number of non-ortho nitro benzene ring substituents is 1. The molecule has 0 bridgehead atoms. The van der Waals surface area contributed by atoms with Crippen LogP contribution in [-0.2, 0) is 4.79 Å². The summed E-state index contributed by atoms with van der Waals surface area (Å²) in [5.41, 5.74) is 3.57. The van der Waals surface area contributed by atoms with Crippen LogP contribution >= 0.6 is 27.7 Å². The molecule has 1 unspecified atom stereocenters. The van der Waals surface area contributed by atoms with Gasteiger partial charge in [-0.15, -0.1) is 11.8 Å². The topological polar surface area (TPSA) is 72.2 Å². The number of carbonyl (C=O) groups excluding carboxylic acids is 1. The number of hydrogen-bond donors (Lipinski definition) is 1. The third kappa shape index (κ3) is 2.50. The zero-order valence-corrected chi connectivity index (χ0v) is 13.9. The molecular formula is C15H11BrN2O3S. The number of halogens is 1. The van der Waals surface area contributed by atoms with Crippen LogP contribution in [0.4, 0.5) is 11.4 Å². The molecule has 2 aromatic carbocycles. The van der Waals surface area contributed by atoms with Gasteiger partial charge in [0.05, 0.1) is 10.6 Å². The highest BCUT2D eigenvalue weighted by Gasteiger charge is 2.31. The van der Waals surface area contributed by atoms with Crippen LogP contribution < -0.4 is 5.32 Å². The van der Waals surface area contributed by atoms with Crippen molar-refractivity contribution in [2.24, 2.45) is 0 Å². The molecule has 5 nitrogen and oxygen atoms in total. The highest BCUT2D eigenvalue weighted by molar-refractivity contribution is 9.10. The Bertz CT molecular complexity index is 777. The summed E-state index contributed by atoms with van der Waals surface area (Å²) in [6, 6.07) is 10.2. The first kappa shape index (κ1) is 15.1. The third-order valence-corrected chi connectivity index (χ3v) is 5.10. The van der Waals surface area contributed by atoms with E-state index in [2.05, 4.69) is 21.2 Å². The summed E-state index contributed by atoms with van der Waals surface area (Å²) in [6.45, 7) is 0. The smallest absolute Gasteiger partial charge is 0.269 e. The van der Waals surface area contributed by atoms with Crippen LogP contribution in [0, 0.1) is 10.1 Å². The standard InChI is InChI=1S/C15H11BrN2O3S/c1-22-14-11-6-9(7-12(16)13(11)17-15(14)19)8-2-4-10(5-3-8)18(20)21/h2-7,14H,1H3,(H,17,19). The number of hydrogen-bond acceptors (Lipinski definition) is 4. The summed E-state index contributed by atoms with van der Waals surface area (Å²) >= 11 is 4.97. The van der Waals surface area contributed by atoms with E-state index in [-0.39, 0.29) is 16.8 Å². The van der Waals surface area contributed by atoms with Crippen LogP contribution in [-0.4, -0.2) is 17.1 Å². The van der Waals surface area contributed by atoms with Crippen molar-refractivity contribution in [2.75, 3.05) is 11.6 Å². The molecular weight excluding hydrogens is 368 g/mol. The van der Waals surface area contributed by atoms with Crippen LogP contribution in [0.1, 0.15) is 10.8 Å². The second-order valence-corrected chi connectivity index (χ2v) is 6.63. The van der Waals surface area contributed by atoms with Crippen molar-refractivity contribution < 1.29 is 9.72 Å². The Hall–Kier alpha value is -1.86. The van der Waals surface area contributed by atoms with Gasteiger partial charge in [-0.1, -0.05) is 0 Å². The zero-order valence-electron chi connectivity index (χ0n) is 11.5. The van der Waals surface area contributed by atoms with Gasteiger partial charge in [0.25, 0.3) is 5.69 Å². The van der Waals surface area contributed by atoms with Crippen molar-refractivity contribution in [3.63, 3.8) is 0 Å². The van der Waals surface area contributed by atoms with Crippen molar-refractivity contribution in [2.45, 2.75) is 5.25 Å². The summed E-state index contributed by atoms with van der Waals surface area (Å²) in [6.07, 6.45) is 1.89. The van der Waals surface area contributed by atoms with Crippen LogP contribution in [0.25, 0.3) is 11.1 Å². The minimum Gasteiger partial charge on any atom is -0.324 e. The average Bonchev–Trinajstić information content (AvgIpc) is 2.83. The molecule has 0 aliphatic carbocycles. The maximum absolute atomic E-state index is 12.0. The van der Waals surface area contributed by atoms with Gasteiger partial charge in [-0.25, -0.2) is 0 Å². The molecule has 1 aliphatic rings. The third-order valence-electron chi connectivity index (χ3n) is 3.54. The molecule has 0 radical (unpaired) electrons. The number of carbonyl (C=O) groups is 1. The maximum Gasteiger partial charge on any atom is 0.269 e. The Morgan fingerprint density at radius 1 is 1.23 bits per heavy atom. The normalized spacial score (nSPS) is 16.3. The SMILES string of the molecule is CSC1C(=O)Nc2c(Br)cc(-c3ccc([N+](=O)[O-])cc3)cc21. The minimum absolute atomic E-state index is 0.0240. The second kappa shape index (κ2) is 5.73. The summed E-state index contributed by atoms with van der Waals surface area (Å²) < 4.78 is 0.809. The number of rotatable bonds is 3. The van der Waals surface area contributed by atoms with Gasteiger partial charge in [0.15, 0.2) is 0 Å². The molecule has 3 rings (SSSR count). The van der Waals surface area contributed by atoms with Crippen molar-refractivity contribution >= 4 is 45.0 Å². The number of nitrogens with one attached hydrogen (secondary N) is 1. The van der Waals surface area contributed by atoms with Gasteiger partial charge < -0.3 is 5.32 Å². The largest absolute Gasteiger partial charge is 0.324 e. The van der Waals surface area contributed by atoms with Gasteiger partial charge in [-0.3, -0.25) is 14.9 Å². The van der Waals surface area contributed by atoms with E-state index in [9.17, 15) is 14.9 Å². The first-order chi connectivity index (χ1) is 10.5. The number of anilines is 1. The number of nitro benzene ring substituents is 1. The van der Waals surface area contributed by atoms with E-state index in [0.717, 1.165) is 26.9 Å². The molecule has 1 aliphatic heterocycles. The van der Waals surface area contributed by atoms with Gasteiger partial charge in [-0.05, 0) is 63.1 Å². The van der Waals surface area contributed by atoms with Crippen LogP contribution in [0.15, 0.2) is 40.9 Å². The van der Waals surface area contributed by atoms with Crippen LogP contribution in [0.5, 0.6) is 0 Å². The van der Waals surface area contributed by atoms with E-state index in [4.69, 9.17) is 0 Å². The molecule has 1 N–H and O–H groups in total. The Balaban J connectivity index is 2.06. The quantitative estimate of drug-likeness (QED) is 0.635. The van der Waals surface area contributed by atoms with Crippen LogP contribution in [0.3, 0.4) is 0 Å². The van der Waals surface area contributed by atoms with E-state index in [1.807, 2.05) is 18.4 Å². The van der Waals surface area contributed by atoms with Gasteiger partial charge in [0.1, 0.15) is 5.25 Å². The molecule has 0 aromatic heterocycles. The fourth-order valence-corrected chi connectivity index (χ4v) is 3.76. The number of thioether (sulfide) groups is 1. The second-order valence-electron chi connectivity index (χ2n) is 4.83. The Morgan fingerprint density at radius 3 is 2.50 bits per heavy atom. The molecule has 1 atom stereocenters. The van der Waals surface area contributed by atoms with Gasteiger partial charge in [-0.2, -0.15) is 0 Å². The Labute approximate surface area is 139 Å². The van der Waals surface area contributed by atoms with Crippen molar-refractivity contribution in [3.8, 4) is 11.1 Å². The van der Waals surface area contributed by atoms with E-state index in [0.29, 0.717) is 0 Å². The van der Waals surface area contributed by atoms with Gasteiger partial charge >= 0.3 is 0 Å². The molecule has 0 spiro atoms. The van der Waals surface area contributed by atoms with Crippen LogP contribution in [0.2, 0.25) is 0 Å². The molecule has 0 fully saturated rings.